The summed E-state index contributed by atoms with van der Waals surface area (Å²) in [7, 11) is 0. The molecule has 0 aromatic rings. The van der Waals surface area contributed by atoms with Crippen molar-refractivity contribution >= 4 is 35.3 Å². The SMILES string of the molecule is CCCSC1(O)OC1CSC1CSC1. The van der Waals surface area contributed by atoms with E-state index < -0.39 is 5.12 Å². The number of hydrogen-bond acceptors (Lipinski definition) is 5. The lowest BCUT2D eigenvalue weighted by atomic mass is 10.5. The van der Waals surface area contributed by atoms with Crippen molar-refractivity contribution in [3.05, 3.63) is 0 Å². The molecule has 0 aliphatic carbocycles. The Labute approximate surface area is 97.9 Å². The van der Waals surface area contributed by atoms with Gasteiger partial charge in [-0.2, -0.15) is 23.5 Å². The van der Waals surface area contributed by atoms with E-state index in [1.54, 1.807) is 11.8 Å². The van der Waals surface area contributed by atoms with Crippen LogP contribution >= 0.6 is 35.3 Å². The Bertz CT molecular complexity index is 198. The van der Waals surface area contributed by atoms with E-state index >= 15 is 0 Å². The summed E-state index contributed by atoms with van der Waals surface area (Å²) in [5.41, 5.74) is 0. The molecule has 82 valence electrons. The van der Waals surface area contributed by atoms with Crippen LogP contribution in [0, 0.1) is 0 Å². The number of epoxide rings is 1. The fraction of sp³-hybridized carbons (Fsp3) is 1.00. The van der Waals surface area contributed by atoms with Crippen LogP contribution in [-0.4, -0.2) is 44.6 Å². The van der Waals surface area contributed by atoms with E-state index in [2.05, 4.69) is 6.92 Å². The van der Waals surface area contributed by atoms with Crippen LogP contribution in [0.25, 0.3) is 0 Å². The lowest BCUT2D eigenvalue weighted by molar-refractivity contribution is 0.123. The predicted octanol–water partition coefficient (Wildman–Crippen LogP) is 2.02. The van der Waals surface area contributed by atoms with Crippen molar-refractivity contribution in [1.82, 2.24) is 0 Å². The van der Waals surface area contributed by atoms with Crippen molar-refractivity contribution in [2.45, 2.75) is 29.8 Å². The summed E-state index contributed by atoms with van der Waals surface area (Å²) in [6.07, 6.45) is 1.17. The fourth-order valence-electron chi connectivity index (χ4n) is 1.22. The number of ether oxygens (including phenoxy) is 1. The Morgan fingerprint density at radius 1 is 1.57 bits per heavy atom. The summed E-state index contributed by atoms with van der Waals surface area (Å²) in [4.78, 5) is 0. The summed E-state index contributed by atoms with van der Waals surface area (Å²) >= 11 is 5.50. The van der Waals surface area contributed by atoms with E-state index in [-0.39, 0.29) is 6.10 Å². The van der Waals surface area contributed by atoms with Gasteiger partial charge in [-0.1, -0.05) is 18.7 Å². The van der Waals surface area contributed by atoms with Gasteiger partial charge in [0.1, 0.15) is 6.10 Å². The van der Waals surface area contributed by atoms with Gasteiger partial charge >= 0.3 is 0 Å². The molecule has 0 amide bonds. The molecule has 2 saturated heterocycles. The van der Waals surface area contributed by atoms with Gasteiger partial charge in [0.2, 0.25) is 5.12 Å². The van der Waals surface area contributed by atoms with Gasteiger partial charge in [-0.25, -0.2) is 0 Å². The standard InChI is InChI=1S/C9H16O2S3/c1-2-3-14-9(10)8(11-9)6-13-7-4-12-5-7/h7-8,10H,2-6H2,1H3. The maximum Gasteiger partial charge on any atom is 0.244 e. The van der Waals surface area contributed by atoms with Crippen molar-refractivity contribution < 1.29 is 9.84 Å². The first-order chi connectivity index (χ1) is 6.74. The molecule has 2 fully saturated rings. The number of thioether (sulfide) groups is 3. The fourth-order valence-corrected chi connectivity index (χ4v) is 4.79. The molecule has 5 heteroatoms. The molecule has 14 heavy (non-hydrogen) atoms. The van der Waals surface area contributed by atoms with Crippen LogP contribution < -0.4 is 0 Å². The predicted molar refractivity (Wildman–Crippen MR) is 66.1 cm³/mol. The van der Waals surface area contributed by atoms with Crippen LogP contribution in [0.5, 0.6) is 0 Å². The molecule has 0 spiro atoms. The third-order valence-electron chi connectivity index (χ3n) is 2.26. The molecule has 0 bridgehead atoms. The highest BCUT2D eigenvalue weighted by Gasteiger charge is 2.55. The lowest BCUT2D eigenvalue weighted by Gasteiger charge is -2.23. The van der Waals surface area contributed by atoms with Gasteiger partial charge in [-0.3, -0.25) is 0 Å². The summed E-state index contributed by atoms with van der Waals surface area (Å²) in [6, 6.07) is 0. The van der Waals surface area contributed by atoms with Crippen LogP contribution in [0.4, 0.5) is 0 Å². The second kappa shape index (κ2) is 4.87. The maximum atomic E-state index is 9.85. The monoisotopic (exact) mass is 252 g/mol. The van der Waals surface area contributed by atoms with E-state index in [1.807, 2.05) is 23.5 Å². The highest BCUT2D eigenvalue weighted by Crippen LogP contribution is 2.46. The Morgan fingerprint density at radius 3 is 2.93 bits per heavy atom. The quantitative estimate of drug-likeness (QED) is 0.578. The molecule has 1 N–H and O–H groups in total. The maximum absolute atomic E-state index is 9.85. The average molecular weight is 252 g/mol. The smallest absolute Gasteiger partial charge is 0.244 e. The molecule has 2 rings (SSSR count). The molecule has 2 atom stereocenters. The summed E-state index contributed by atoms with van der Waals surface area (Å²) in [5, 5.41) is 9.82. The number of rotatable bonds is 6. The summed E-state index contributed by atoms with van der Waals surface area (Å²) in [6.45, 7) is 2.12. The van der Waals surface area contributed by atoms with E-state index in [0.717, 1.165) is 23.2 Å². The van der Waals surface area contributed by atoms with Crippen LogP contribution in [0.2, 0.25) is 0 Å². The lowest BCUT2D eigenvalue weighted by Crippen LogP contribution is -2.22. The Hall–Kier alpha value is 0.970. The third-order valence-corrected chi connectivity index (χ3v) is 6.65. The van der Waals surface area contributed by atoms with E-state index in [0.29, 0.717) is 0 Å². The minimum atomic E-state index is -0.833. The zero-order valence-corrected chi connectivity index (χ0v) is 10.7. The number of hydrogen-bond donors (Lipinski definition) is 1. The Morgan fingerprint density at radius 2 is 2.36 bits per heavy atom. The first-order valence-corrected chi connectivity index (χ1v) is 8.17. The number of aliphatic hydroxyl groups is 1. The molecule has 2 aliphatic rings. The minimum Gasteiger partial charge on any atom is -0.355 e. The molecule has 2 nitrogen and oxygen atoms in total. The van der Waals surface area contributed by atoms with Gasteiger partial charge in [-0.15, -0.1) is 0 Å². The first kappa shape index (κ1) is 11.5. The minimum absolute atomic E-state index is 0.0784. The van der Waals surface area contributed by atoms with Crippen LogP contribution in [-0.2, 0) is 4.74 Å². The third kappa shape index (κ3) is 2.76. The van der Waals surface area contributed by atoms with Crippen molar-refractivity contribution in [3.8, 4) is 0 Å². The van der Waals surface area contributed by atoms with Crippen LogP contribution in [0.1, 0.15) is 13.3 Å². The van der Waals surface area contributed by atoms with Gasteiger partial charge < -0.3 is 9.84 Å². The van der Waals surface area contributed by atoms with Gasteiger partial charge in [-0.05, 0) is 12.2 Å². The Balaban J connectivity index is 1.59. The van der Waals surface area contributed by atoms with Gasteiger partial charge in [0.25, 0.3) is 0 Å². The van der Waals surface area contributed by atoms with Crippen molar-refractivity contribution in [2.75, 3.05) is 23.0 Å². The molecule has 2 aliphatic heterocycles. The van der Waals surface area contributed by atoms with Crippen molar-refractivity contribution in [1.29, 1.82) is 0 Å². The molecule has 0 saturated carbocycles. The Kier molecular flexibility index (Phi) is 3.98. The zero-order valence-electron chi connectivity index (χ0n) is 8.27. The molecular formula is C9H16O2S3. The highest BCUT2D eigenvalue weighted by molar-refractivity contribution is 8.07. The highest BCUT2D eigenvalue weighted by atomic mass is 32.2. The van der Waals surface area contributed by atoms with Crippen molar-refractivity contribution in [2.24, 2.45) is 0 Å². The summed E-state index contributed by atoms with van der Waals surface area (Å²) < 4.78 is 5.32. The zero-order chi connectivity index (χ0) is 10.0. The molecule has 2 heterocycles. The molecule has 0 aromatic heterocycles. The second-order valence-electron chi connectivity index (χ2n) is 3.58. The topological polar surface area (TPSA) is 32.8 Å². The summed E-state index contributed by atoms with van der Waals surface area (Å²) in [5.74, 6) is 4.49. The van der Waals surface area contributed by atoms with Crippen LogP contribution in [0.3, 0.4) is 0 Å². The molecule has 2 unspecified atom stereocenters. The van der Waals surface area contributed by atoms with Gasteiger partial charge in [0.15, 0.2) is 0 Å². The first-order valence-electron chi connectivity index (χ1n) is 4.98. The normalized spacial score (nSPS) is 36.9. The van der Waals surface area contributed by atoms with Gasteiger partial charge in [0.05, 0.1) is 0 Å². The second-order valence-corrected chi connectivity index (χ2v) is 7.27. The average Bonchev–Trinajstić information content (AvgIpc) is 2.72. The van der Waals surface area contributed by atoms with E-state index in [9.17, 15) is 5.11 Å². The van der Waals surface area contributed by atoms with Gasteiger partial charge in [0, 0.05) is 22.5 Å². The van der Waals surface area contributed by atoms with E-state index in [1.165, 1.54) is 11.5 Å². The molecule has 0 aromatic carbocycles. The molecular weight excluding hydrogens is 236 g/mol. The van der Waals surface area contributed by atoms with Crippen LogP contribution in [0.15, 0.2) is 0 Å². The molecule has 0 radical (unpaired) electrons. The largest absolute Gasteiger partial charge is 0.355 e. The van der Waals surface area contributed by atoms with Crippen molar-refractivity contribution in [3.63, 3.8) is 0 Å². The van der Waals surface area contributed by atoms with E-state index in [4.69, 9.17) is 4.74 Å².